The van der Waals surface area contributed by atoms with Crippen LogP contribution in [0.1, 0.15) is 52.5 Å². The van der Waals surface area contributed by atoms with Crippen molar-refractivity contribution in [2.24, 2.45) is 0 Å². The minimum Gasteiger partial charge on any atom is -0.490 e. The third-order valence-electron chi connectivity index (χ3n) is 3.99. The van der Waals surface area contributed by atoms with E-state index in [1.807, 2.05) is 39.0 Å². The normalized spacial score (nSPS) is 10.4. The monoisotopic (exact) mass is 379 g/mol. The Kier molecular flexibility index (Phi) is 11.0. The lowest BCUT2D eigenvalue weighted by Crippen LogP contribution is -2.34. The average molecular weight is 379 g/mol. The molecule has 1 amide bonds. The minimum atomic E-state index is -0.272. The first-order valence-electron chi connectivity index (χ1n) is 9.87. The fourth-order valence-corrected chi connectivity index (χ4v) is 2.71. The maximum Gasteiger partial charge on any atom is 0.307 e. The molecule has 1 rings (SSSR count). The van der Waals surface area contributed by atoms with Gasteiger partial charge in [-0.1, -0.05) is 13.0 Å². The predicted molar refractivity (Wildman–Crippen MR) is 105 cm³/mol. The number of carbonyl (C=O) groups excluding carboxylic acids is 2. The molecular weight excluding hydrogens is 346 g/mol. The lowest BCUT2D eigenvalue weighted by atomic mass is 10.1. The van der Waals surface area contributed by atoms with Gasteiger partial charge in [0.25, 0.3) is 0 Å². The van der Waals surface area contributed by atoms with Gasteiger partial charge in [0.2, 0.25) is 5.91 Å². The first kappa shape index (κ1) is 22.8. The zero-order valence-corrected chi connectivity index (χ0v) is 17.1. The second kappa shape index (κ2) is 13.0. The van der Waals surface area contributed by atoms with E-state index in [0.717, 1.165) is 23.5 Å². The Balaban J connectivity index is 2.76. The quantitative estimate of drug-likeness (QED) is 0.490. The van der Waals surface area contributed by atoms with Crippen LogP contribution in [0.2, 0.25) is 0 Å². The largest absolute Gasteiger partial charge is 0.490 e. The molecule has 0 spiro atoms. The van der Waals surface area contributed by atoms with E-state index in [1.54, 1.807) is 11.8 Å². The summed E-state index contributed by atoms with van der Waals surface area (Å²) in [5.41, 5.74) is 1.06. The van der Waals surface area contributed by atoms with Gasteiger partial charge in [0, 0.05) is 19.5 Å². The van der Waals surface area contributed by atoms with Crippen molar-refractivity contribution in [1.29, 1.82) is 0 Å². The Hall–Kier alpha value is -2.24. The molecule has 152 valence electrons. The topological polar surface area (TPSA) is 65.1 Å². The van der Waals surface area contributed by atoms with Crippen LogP contribution in [-0.2, 0) is 20.7 Å². The highest BCUT2D eigenvalue weighted by Gasteiger charge is 2.15. The van der Waals surface area contributed by atoms with E-state index < -0.39 is 0 Å². The van der Waals surface area contributed by atoms with E-state index >= 15 is 0 Å². The number of nitrogens with zero attached hydrogens (tertiary/aromatic N) is 1. The number of hydrogen-bond acceptors (Lipinski definition) is 5. The van der Waals surface area contributed by atoms with E-state index in [2.05, 4.69) is 0 Å². The van der Waals surface area contributed by atoms with Gasteiger partial charge in [-0.05, 0) is 51.3 Å². The van der Waals surface area contributed by atoms with E-state index in [-0.39, 0.29) is 18.3 Å². The van der Waals surface area contributed by atoms with Crippen molar-refractivity contribution in [2.45, 2.75) is 53.4 Å². The van der Waals surface area contributed by atoms with Gasteiger partial charge < -0.3 is 19.1 Å². The third kappa shape index (κ3) is 8.33. The highest BCUT2D eigenvalue weighted by molar-refractivity contribution is 5.77. The minimum absolute atomic E-state index is 0.0674. The fourth-order valence-electron chi connectivity index (χ4n) is 2.71. The van der Waals surface area contributed by atoms with Crippen molar-refractivity contribution < 1.29 is 23.8 Å². The molecule has 0 aliphatic heterocycles. The van der Waals surface area contributed by atoms with Crippen molar-refractivity contribution >= 4 is 11.9 Å². The van der Waals surface area contributed by atoms with Crippen LogP contribution in [0.25, 0.3) is 0 Å². The predicted octanol–water partition coefficient (Wildman–Crippen LogP) is 3.61. The molecule has 0 radical (unpaired) electrons. The van der Waals surface area contributed by atoms with Crippen LogP contribution in [0.3, 0.4) is 0 Å². The average Bonchev–Trinajstić information content (AvgIpc) is 2.64. The molecule has 1 aromatic carbocycles. The number of hydrogen-bond donors (Lipinski definition) is 0. The van der Waals surface area contributed by atoms with Gasteiger partial charge in [-0.15, -0.1) is 0 Å². The van der Waals surface area contributed by atoms with E-state index in [1.165, 1.54) is 0 Å². The van der Waals surface area contributed by atoms with Crippen LogP contribution >= 0.6 is 0 Å². The summed E-state index contributed by atoms with van der Waals surface area (Å²) in [6.07, 6.45) is 2.17. The zero-order valence-electron chi connectivity index (χ0n) is 17.1. The summed E-state index contributed by atoms with van der Waals surface area (Å²) < 4.78 is 16.2. The third-order valence-corrected chi connectivity index (χ3v) is 3.99. The first-order valence-corrected chi connectivity index (χ1v) is 9.87. The maximum atomic E-state index is 12.4. The number of rotatable bonds is 13. The Morgan fingerprint density at radius 1 is 0.889 bits per heavy atom. The Morgan fingerprint density at radius 2 is 1.59 bits per heavy atom. The van der Waals surface area contributed by atoms with Gasteiger partial charge in [0.05, 0.1) is 26.2 Å². The van der Waals surface area contributed by atoms with E-state index in [9.17, 15) is 9.59 Å². The molecule has 0 N–H and O–H groups in total. The Morgan fingerprint density at radius 3 is 2.22 bits per heavy atom. The lowest BCUT2D eigenvalue weighted by Gasteiger charge is -2.22. The number of ether oxygens (including phenoxy) is 3. The van der Waals surface area contributed by atoms with Gasteiger partial charge >= 0.3 is 5.97 Å². The molecule has 0 atom stereocenters. The molecule has 0 aliphatic carbocycles. The number of esters is 1. The van der Waals surface area contributed by atoms with Crippen molar-refractivity contribution in [3.8, 4) is 11.5 Å². The van der Waals surface area contributed by atoms with Crippen LogP contribution in [0.4, 0.5) is 0 Å². The van der Waals surface area contributed by atoms with Crippen LogP contribution in [0.5, 0.6) is 11.5 Å². The molecule has 0 saturated carbocycles. The van der Waals surface area contributed by atoms with E-state index in [0.29, 0.717) is 45.8 Å². The summed E-state index contributed by atoms with van der Waals surface area (Å²) in [6, 6.07) is 5.85. The highest BCUT2D eigenvalue weighted by Crippen LogP contribution is 2.28. The summed E-state index contributed by atoms with van der Waals surface area (Å²) in [4.78, 5) is 25.7. The van der Waals surface area contributed by atoms with Crippen molar-refractivity contribution in [3.05, 3.63) is 23.8 Å². The van der Waals surface area contributed by atoms with Crippen molar-refractivity contribution in [2.75, 3.05) is 32.9 Å². The molecule has 0 saturated heterocycles. The second-order valence-electron chi connectivity index (χ2n) is 6.08. The smallest absolute Gasteiger partial charge is 0.307 e. The van der Waals surface area contributed by atoms with Crippen molar-refractivity contribution in [1.82, 2.24) is 4.90 Å². The molecule has 6 heteroatoms. The molecule has 0 unspecified atom stereocenters. The second-order valence-corrected chi connectivity index (χ2v) is 6.08. The zero-order chi connectivity index (χ0) is 20.1. The summed E-state index contributed by atoms with van der Waals surface area (Å²) in [5.74, 6) is 1.24. The summed E-state index contributed by atoms with van der Waals surface area (Å²) in [5, 5.41) is 0. The van der Waals surface area contributed by atoms with Gasteiger partial charge in [-0.25, -0.2) is 0 Å². The van der Waals surface area contributed by atoms with Gasteiger partial charge in [0.15, 0.2) is 11.5 Å². The number of carbonyl (C=O) groups is 2. The molecule has 0 aliphatic rings. The highest BCUT2D eigenvalue weighted by atomic mass is 16.5. The SMILES string of the molecule is CCCC(=O)N(CCC(=O)OCC)CCc1ccc(OCC)c(OCC)c1. The summed E-state index contributed by atoms with van der Waals surface area (Å²) >= 11 is 0. The van der Waals surface area contributed by atoms with Gasteiger partial charge in [-0.2, -0.15) is 0 Å². The number of benzene rings is 1. The Bertz CT molecular complexity index is 588. The molecule has 1 aromatic rings. The molecule has 0 heterocycles. The van der Waals surface area contributed by atoms with Crippen LogP contribution in [0.15, 0.2) is 18.2 Å². The van der Waals surface area contributed by atoms with Crippen LogP contribution in [0, 0.1) is 0 Å². The molecule has 0 fully saturated rings. The maximum absolute atomic E-state index is 12.4. The van der Waals surface area contributed by atoms with Crippen LogP contribution < -0.4 is 9.47 Å². The molecular formula is C21H33NO5. The Labute approximate surface area is 162 Å². The molecule has 6 nitrogen and oxygen atoms in total. The first-order chi connectivity index (χ1) is 13.0. The summed E-state index contributed by atoms with van der Waals surface area (Å²) in [6.45, 7) is 10.0. The fraction of sp³-hybridized carbons (Fsp3) is 0.619. The number of amides is 1. The standard InChI is InChI=1S/C21H33NO5/c1-5-9-20(23)22(15-13-21(24)27-8-4)14-12-17-10-11-18(25-6-2)19(16-17)26-7-3/h10-11,16H,5-9,12-15H2,1-4H3. The van der Waals surface area contributed by atoms with Gasteiger partial charge in [-0.3, -0.25) is 9.59 Å². The molecule has 27 heavy (non-hydrogen) atoms. The molecule has 0 bridgehead atoms. The summed E-state index contributed by atoms with van der Waals surface area (Å²) in [7, 11) is 0. The molecule has 0 aromatic heterocycles. The van der Waals surface area contributed by atoms with Crippen molar-refractivity contribution in [3.63, 3.8) is 0 Å². The van der Waals surface area contributed by atoms with E-state index in [4.69, 9.17) is 14.2 Å². The lowest BCUT2D eigenvalue weighted by molar-refractivity contribution is -0.144. The van der Waals surface area contributed by atoms with Crippen LogP contribution in [-0.4, -0.2) is 49.7 Å². The van der Waals surface area contributed by atoms with Gasteiger partial charge in [0.1, 0.15) is 0 Å².